The van der Waals surface area contributed by atoms with Crippen molar-refractivity contribution in [2.75, 3.05) is 0 Å². The van der Waals surface area contributed by atoms with E-state index in [0.29, 0.717) is 0 Å². The molecule has 0 aliphatic heterocycles. The van der Waals surface area contributed by atoms with Crippen LogP contribution in [-0.4, -0.2) is 11.7 Å². The fourth-order valence-electron chi connectivity index (χ4n) is 1.76. The predicted molar refractivity (Wildman–Crippen MR) is 77.1 cm³/mol. The summed E-state index contributed by atoms with van der Waals surface area (Å²) in [6.07, 6.45) is -0.513. The maximum absolute atomic E-state index is 11.5. The van der Waals surface area contributed by atoms with Crippen LogP contribution in [0.2, 0.25) is 0 Å². The lowest BCUT2D eigenvalue weighted by Gasteiger charge is -2.20. The minimum absolute atomic E-state index is 0.157. The van der Waals surface area contributed by atoms with E-state index in [-0.39, 0.29) is 6.04 Å². The van der Waals surface area contributed by atoms with E-state index in [4.69, 9.17) is 9.15 Å². The first kappa shape index (κ1) is 14.4. The molecule has 1 unspecified atom stereocenters. The summed E-state index contributed by atoms with van der Waals surface area (Å²) in [7, 11) is 0. The van der Waals surface area contributed by atoms with Crippen LogP contribution in [0.1, 0.15) is 39.5 Å². The number of hydrazine groups is 1. The quantitative estimate of drug-likeness (QED) is 0.842. The van der Waals surface area contributed by atoms with Crippen LogP contribution in [0.4, 0.5) is 4.79 Å². The summed E-state index contributed by atoms with van der Waals surface area (Å²) < 4.78 is 10.8. The molecule has 0 saturated heterocycles. The molecule has 5 nitrogen and oxygen atoms in total. The van der Waals surface area contributed by atoms with Gasteiger partial charge in [-0.3, -0.25) is 5.43 Å². The molecular weight excluding hydrogens is 256 g/mol. The highest BCUT2D eigenvalue weighted by Gasteiger charge is 2.17. The fraction of sp³-hybridized carbons (Fsp3) is 0.400. The average molecular weight is 276 g/mol. The largest absolute Gasteiger partial charge is 0.459 e. The average Bonchev–Trinajstić information content (AvgIpc) is 2.77. The number of para-hydroxylation sites is 1. The zero-order chi connectivity index (χ0) is 14.8. The lowest BCUT2D eigenvalue weighted by molar-refractivity contribution is 0.0487. The van der Waals surface area contributed by atoms with Crippen LogP contribution in [0.25, 0.3) is 11.0 Å². The van der Waals surface area contributed by atoms with Crippen molar-refractivity contribution in [3.63, 3.8) is 0 Å². The molecule has 1 aromatic carbocycles. The Morgan fingerprint density at radius 2 is 2.00 bits per heavy atom. The number of nitrogens with one attached hydrogen (secondary N) is 2. The second-order valence-corrected chi connectivity index (χ2v) is 5.68. The molecule has 0 fully saturated rings. The third-order valence-electron chi connectivity index (χ3n) is 2.66. The van der Waals surface area contributed by atoms with Gasteiger partial charge in [0.25, 0.3) is 0 Å². The Bertz CT molecular complexity index is 565. The van der Waals surface area contributed by atoms with E-state index in [0.717, 1.165) is 16.7 Å². The molecule has 0 aliphatic carbocycles. The standard InChI is InChI=1S/C15H20N2O3/c1-10(16-17-14(18)20-15(2,3)4)13-9-11-7-5-6-8-12(11)19-13/h5-10,16H,1-4H3,(H,17,18). The smallest absolute Gasteiger partial charge is 0.422 e. The maximum Gasteiger partial charge on any atom is 0.422 e. The van der Waals surface area contributed by atoms with Gasteiger partial charge >= 0.3 is 6.09 Å². The van der Waals surface area contributed by atoms with Crippen LogP contribution in [0.5, 0.6) is 0 Å². The van der Waals surface area contributed by atoms with Crippen molar-refractivity contribution in [2.24, 2.45) is 0 Å². The number of ether oxygens (including phenoxy) is 1. The summed E-state index contributed by atoms with van der Waals surface area (Å²) in [6, 6.07) is 9.56. The minimum Gasteiger partial charge on any atom is -0.459 e. The molecule has 1 amide bonds. The molecule has 2 rings (SSSR count). The number of furan rings is 1. The van der Waals surface area contributed by atoms with E-state index in [2.05, 4.69) is 10.9 Å². The van der Waals surface area contributed by atoms with Gasteiger partial charge in [0.1, 0.15) is 16.9 Å². The summed E-state index contributed by atoms with van der Waals surface area (Å²) in [5.74, 6) is 0.752. The summed E-state index contributed by atoms with van der Waals surface area (Å²) in [6.45, 7) is 7.34. The molecular formula is C15H20N2O3. The third-order valence-corrected chi connectivity index (χ3v) is 2.66. The molecule has 20 heavy (non-hydrogen) atoms. The van der Waals surface area contributed by atoms with Gasteiger partial charge in [-0.1, -0.05) is 18.2 Å². The monoisotopic (exact) mass is 276 g/mol. The van der Waals surface area contributed by atoms with E-state index >= 15 is 0 Å². The van der Waals surface area contributed by atoms with Gasteiger partial charge in [0.15, 0.2) is 0 Å². The van der Waals surface area contributed by atoms with Crippen molar-refractivity contribution in [2.45, 2.75) is 39.3 Å². The highest BCUT2D eigenvalue weighted by Crippen LogP contribution is 2.23. The Hall–Kier alpha value is -2.01. The number of fused-ring (bicyclic) bond motifs is 1. The molecule has 0 saturated carbocycles. The number of rotatable bonds is 3. The number of hydrogen-bond donors (Lipinski definition) is 2. The SMILES string of the molecule is CC(NNC(=O)OC(C)(C)C)c1cc2ccccc2o1. The zero-order valence-electron chi connectivity index (χ0n) is 12.2. The van der Waals surface area contributed by atoms with Gasteiger partial charge in [-0.25, -0.2) is 10.2 Å². The molecule has 2 aromatic rings. The third kappa shape index (κ3) is 3.74. The topological polar surface area (TPSA) is 63.5 Å². The molecule has 0 bridgehead atoms. The summed E-state index contributed by atoms with van der Waals surface area (Å²) in [5, 5.41) is 1.04. The van der Waals surface area contributed by atoms with Crippen molar-refractivity contribution in [3.05, 3.63) is 36.1 Å². The molecule has 0 aliphatic rings. The fourth-order valence-corrected chi connectivity index (χ4v) is 1.76. The van der Waals surface area contributed by atoms with E-state index in [1.807, 2.05) is 58.0 Å². The Kier molecular flexibility index (Phi) is 3.99. The normalized spacial score (nSPS) is 13.2. The zero-order valence-corrected chi connectivity index (χ0v) is 12.2. The molecule has 0 spiro atoms. The Morgan fingerprint density at radius 3 is 2.65 bits per heavy atom. The molecule has 0 radical (unpaired) electrons. The first-order valence-corrected chi connectivity index (χ1v) is 6.58. The number of hydrogen-bond acceptors (Lipinski definition) is 4. The molecule has 108 valence electrons. The van der Waals surface area contributed by atoms with Gasteiger partial charge in [-0.05, 0) is 39.8 Å². The second kappa shape index (κ2) is 5.54. The van der Waals surface area contributed by atoms with Crippen molar-refractivity contribution in [1.82, 2.24) is 10.9 Å². The van der Waals surface area contributed by atoms with Crippen LogP contribution in [-0.2, 0) is 4.74 Å². The van der Waals surface area contributed by atoms with Gasteiger partial charge in [0.2, 0.25) is 0 Å². The predicted octanol–water partition coefficient (Wildman–Crippen LogP) is 3.52. The number of carbonyl (C=O) groups is 1. The molecule has 5 heteroatoms. The molecule has 1 aromatic heterocycles. The van der Waals surface area contributed by atoms with Crippen LogP contribution in [0.15, 0.2) is 34.7 Å². The summed E-state index contributed by atoms with van der Waals surface area (Å²) in [5.41, 5.74) is 5.68. The van der Waals surface area contributed by atoms with E-state index < -0.39 is 11.7 Å². The summed E-state index contributed by atoms with van der Waals surface area (Å²) in [4.78, 5) is 11.5. The highest BCUT2D eigenvalue weighted by atomic mass is 16.6. The van der Waals surface area contributed by atoms with Crippen molar-refractivity contribution in [3.8, 4) is 0 Å². The van der Waals surface area contributed by atoms with Crippen LogP contribution < -0.4 is 10.9 Å². The van der Waals surface area contributed by atoms with Crippen molar-refractivity contribution < 1.29 is 13.9 Å². The Labute approximate surface area is 118 Å². The van der Waals surface area contributed by atoms with Crippen LogP contribution in [0, 0.1) is 0 Å². The lowest BCUT2D eigenvalue weighted by atomic mass is 10.2. The first-order chi connectivity index (χ1) is 9.35. The second-order valence-electron chi connectivity index (χ2n) is 5.68. The Balaban J connectivity index is 1.95. The highest BCUT2D eigenvalue weighted by molar-refractivity contribution is 5.77. The van der Waals surface area contributed by atoms with Gasteiger partial charge < -0.3 is 9.15 Å². The van der Waals surface area contributed by atoms with Gasteiger partial charge in [0, 0.05) is 5.39 Å². The van der Waals surface area contributed by atoms with Crippen LogP contribution >= 0.6 is 0 Å². The number of benzene rings is 1. The molecule has 2 N–H and O–H groups in total. The summed E-state index contributed by atoms with van der Waals surface area (Å²) >= 11 is 0. The lowest BCUT2D eigenvalue weighted by Crippen LogP contribution is -2.42. The number of carbonyl (C=O) groups excluding carboxylic acids is 1. The van der Waals surface area contributed by atoms with Gasteiger partial charge in [-0.2, -0.15) is 0 Å². The van der Waals surface area contributed by atoms with Gasteiger partial charge in [0.05, 0.1) is 6.04 Å². The minimum atomic E-state index is -0.519. The molecule has 1 heterocycles. The van der Waals surface area contributed by atoms with Gasteiger partial charge in [-0.15, -0.1) is 0 Å². The first-order valence-electron chi connectivity index (χ1n) is 6.58. The van der Waals surface area contributed by atoms with Crippen LogP contribution in [0.3, 0.4) is 0 Å². The van der Waals surface area contributed by atoms with E-state index in [1.54, 1.807) is 0 Å². The Morgan fingerprint density at radius 1 is 1.30 bits per heavy atom. The van der Waals surface area contributed by atoms with Crippen molar-refractivity contribution >= 4 is 17.1 Å². The van der Waals surface area contributed by atoms with Crippen molar-refractivity contribution in [1.29, 1.82) is 0 Å². The number of amides is 1. The van der Waals surface area contributed by atoms with E-state index in [1.165, 1.54) is 0 Å². The molecule has 1 atom stereocenters. The maximum atomic E-state index is 11.5. The van der Waals surface area contributed by atoms with E-state index in [9.17, 15) is 4.79 Å².